The molecule has 5 heteroatoms. The Morgan fingerprint density at radius 2 is 1.94 bits per heavy atom. The first-order valence-electron chi connectivity index (χ1n) is 6.23. The van der Waals surface area contributed by atoms with Gasteiger partial charge >= 0.3 is 0 Å². The number of hydrogen-bond donors (Lipinski definition) is 1. The zero-order chi connectivity index (χ0) is 12.7. The van der Waals surface area contributed by atoms with E-state index in [2.05, 4.69) is 5.32 Å². The summed E-state index contributed by atoms with van der Waals surface area (Å²) in [6.45, 7) is 3.34. The van der Waals surface area contributed by atoms with E-state index in [9.17, 15) is 4.21 Å². The van der Waals surface area contributed by atoms with Gasteiger partial charge in [-0.15, -0.1) is 0 Å². The first-order chi connectivity index (χ1) is 8.72. The minimum absolute atomic E-state index is 0.0797. The molecule has 3 rings (SSSR count). The summed E-state index contributed by atoms with van der Waals surface area (Å²) in [4.78, 5) is 0.881. The third-order valence-corrected chi connectivity index (χ3v) is 5.28. The Morgan fingerprint density at radius 1 is 1.28 bits per heavy atom. The van der Waals surface area contributed by atoms with Crippen LogP contribution >= 0.6 is 0 Å². The number of fused-ring (bicyclic) bond motifs is 2. The van der Waals surface area contributed by atoms with Crippen molar-refractivity contribution in [2.45, 2.75) is 29.5 Å². The van der Waals surface area contributed by atoms with E-state index < -0.39 is 10.8 Å². The number of rotatable bonds is 1. The van der Waals surface area contributed by atoms with Crippen LogP contribution in [0.15, 0.2) is 17.0 Å². The van der Waals surface area contributed by atoms with Crippen molar-refractivity contribution in [2.75, 3.05) is 20.3 Å². The number of benzene rings is 1. The molecule has 2 aliphatic rings. The van der Waals surface area contributed by atoms with Crippen molar-refractivity contribution < 1.29 is 13.7 Å². The third-order valence-electron chi connectivity index (χ3n) is 3.55. The predicted octanol–water partition coefficient (Wildman–Crippen LogP) is 1.62. The predicted molar refractivity (Wildman–Crippen MR) is 69.7 cm³/mol. The van der Waals surface area contributed by atoms with Gasteiger partial charge in [-0.25, -0.2) is 0 Å². The lowest BCUT2D eigenvalue weighted by Gasteiger charge is -2.15. The third kappa shape index (κ3) is 1.73. The van der Waals surface area contributed by atoms with Gasteiger partial charge in [-0.1, -0.05) is 0 Å². The average molecular weight is 267 g/mol. The summed E-state index contributed by atoms with van der Waals surface area (Å²) in [6, 6.07) is 4.00. The van der Waals surface area contributed by atoms with Gasteiger partial charge in [0.1, 0.15) is 0 Å². The maximum Gasteiger partial charge on any atom is 0.162 e. The van der Waals surface area contributed by atoms with Gasteiger partial charge in [-0.05, 0) is 25.6 Å². The van der Waals surface area contributed by atoms with Crippen molar-refractivity contribution in [1.82, 2.24) is 5.32 Å². The number of nitrogens with one attached hydrogen (secondary N) is 1. The van der Waals surface area contributed by atoms with Crippen molar-refractivity contribution >= 4 is 10.8 Å². The average Bonchev–Trinajstić information content (AvgIpc) is 2.57. The van der Waals surface area contributed by atoms with Crippen molar-refractivity contribution in [3.05, 3.63) is 17.7 Å². The standard InChI is InChI=1S/C13H17NO3S/c1-8-13(14-2)9-6-10-11(7-12(9)18(8)15)17-5-3-4-16-10/h6-8,13-14H,3-5H2,1-2H3. The Balaban J connectivity index is 2.10. The molecule has 0 radical (unpaired) electrons. The number of ether oxygens (including phenoxy) is 2. The minimum atomic E-state index is -0.974. The van der Waals surface area contributed by atoms with E-state index in [0.29, 0.717) is 13.2 Å². The van der Waals surface area contributed by atoms with E-state index in [0.717, 1.165) is 28.4 Å². The molecule has 0 aliphatic carbocycles. The van der Waals surface area contributed by atoms with Crippen molar-refractivity contribution in [2.24, 2.45) is 0 Å². The van der Waals surface area contributed by atoms with Crippen LogP contribution in [0, 0.1) is 0 Å². The highest BCUT2D eigenvalue weighted by atomic mass is 32.2. The Labute approximate surface area is 109 Å². The lowest BCUT2D eigenvalue weighted by atomic mass is 10.0. The summed E-state index contributed by atoms with van der Waals surface area (Å²) in [5.74, 6) is 1.50. The van der Waals surface area contributed by atoms with Gasteiger partial charge in [0.2, 0.25) is 0 Å². The first-order valence-corrected chi connectivity index (χ1v) is 7.45. The molecule has 18 heavy (non-hydrogen) atoms. The van der Waals surface area contributed by atoms with Gasteiger partial charge in [0.25, 0.3) is 0 Å². The lowest BCUT2D eigenvalue weighted by molar-refractivity contribution is 0.296. The van der Waals surface area contributed by atoms with Gasteiger partial charge in [0, 0.05) is 23.4 Å². The minimum Gasteiger partial charge on any atom is -0.490 e. The summed E-state index contributed by atoms with van der Waals surface area (Å²) in [5.41, 5.74) is 1.08. The van der Waals surface area contributed by atoms with Crippen LogP contribution in [-0.4, -0.2) is 29.7 Å². The topological polar surface area (TPSA) is 47.6 Å². The SMILES string of the molecule is CNC1c2cc3c(cc2S(=O)C1C)OCCCO3. The van der Waals surface area contributed by atoms with Gasteiger partial charge in [0.15, 0.2) is 11.5 Å². The monoisotopic (exact) mass is 267 g/mol. The van der Waals surface area contributed by atoms with E-state index in [4.69, 9.17) is 9.47 Å². The highest BCUT2D eigenvalue weighted by Gasteiger charge is 2.36. The number of hydrogen-bond acceptors (Lipinski definition) is 4. The smallest absolute Gasteiger partial charge is 0.162 e. The van der Waals surface area contributed by atoms with E-state index >= 15 is 0 Å². The van der Waals surface area contributed by atoms with Crippen LogP contribution in [0.2, 0.25) is 0 Å². The molecule has 1 N–H and O–H groups in total. The molecular formula is C13H17NO3S. The fourth-order valence-electron chi connectivity index (χ4n) is 2.59. The maximum atomic E-state index is 12.3. The Morgan fingerprint density at radius 3 is 2.61 bits per heavy atom. The lowest BCUT2D eigenvalue weighted by Crippen LogP contribution is -2.24. The van der Waals surface area contributed by atoms with Crippen molar-refractivity contribution in [1.29, 1.82) is 0 Å². The second-order valence-corrected chi connectivity index (χ2v) is 6.43. The zero-order valence-electron chi connectivity index (χ0n) is 10.6. The molecule has 0 fully saturated rings. The summed E-state index contributed by atoms with van der Waals surface area (Å²) < 4.78 is 23.6. The fourth-order valence-corrected chi connectivity index (χ4v) is 4.16. The quantitative estimate of drug-likeness (QED) is 0.840. The molecule has 4 nitrogen and oxygen atoms in total. The molecular weight excluding hydrogens is 250 g/mol. The molecule has 3 atom stereocenters. The molecule has 1 aromatic carbocycles. The molecule has 1 aromatic rings. The Kier molecular flexibility index (Phi) is 3.03. The van der Waals surface area contributed by atoms with Crippen LogP contribution in [0.25, 0.3) is 0 Å². The van der Waals surface area contributed by atoms with E-state index in [1.807, 2.05) is 26.1 Å². The molecule has 0 aromatic heterocycles. The van der Waals surface area contributed by atoms with E-state index in [1.54, 1.807) is 0 Å². The van der Waals surface area contributed by atoms with Gasteiger partial charge in [0.05, 0.1) is 29.3 Å². The highest BCUT2D eigenvalue weighted by molar-refractivity contribution is 7.86. The molecule has 0 amide bonds. The molecule has 3 unspecified atom stereocenters. The van der Waals surface area contributed by atoms with Crippen molar-refractivity contribution in [3.63, 3.8) is 0 Å². The molecule has 0 saturated heterocycles. The highest BCUT2D eigenvalue weighted by Crippen LogP contribution is 2.43. The van der Waals surface area contributed by atoms with Crippen LogP contribution in [0.3, 0.4) is 0 Å². The fraction of sp³-hybridized carbons (Fsp3) is 0.538. The molecule has 0 spiro atoms. The largest absolute Gasteiger partial charge is 0.490 e. The summed E-state index contributed by atoms with van der Waals surface area (Å²) in [5, 5.41) is 3.31. The van der Waals surface area contributed by atoms with Gasteiger partial charge < -0.3 is 14.8 Å². The second-order valence-electron chi connectivity index (χ2n) is 4.66. The summed E-state index contributed by atoms with van der Waals surface area (Å²) in [6.07, 6.45) is 0.883. The van der Waals surface area contributed by atoms with Gasteiger partial charge in [-0.2, -0.15) is 0 Å². The molecule has 98 valence electrons. The maximum absolute atomic E-state index is 12.3. The van der Waals surface area contributed by atoms with Crippen LogP contribution in [0.5, 0.6) is 11.5 Å². The normalized spacial score (nSPS) is 29.8. The van der Waals surface area contributed by atoms with Crippen LogP contribution in [0.4, 0.5) is 0 Å². The molecule has 0 bridgehead atoms. The Hall–Kier alpha value is -1.07. The zero-order valence-corrected chi connectivity index (χ0v) is 11.4. The summed E-state index contributed by atoms with van der Waals surface area (Å²) in [7, 11) is 0.925. The molecule has 2 aliphatic heterocycles. The van der Waals surface area contributed by atoms with Crippen LogP contribution < -0.4 is 14.8 Å². The second kappa shape index (κ2) is 4.55. The van der Waals surface area contributed by atoms with Gasteiger partial charge in [-0.3, -0.25) is 4.21 Å². The van der Waals surface area contributed by atoms with Crippen LogP contribution in [-0.2, 0) is 10.8 Å². The van der Waals surface area contributed by atoms with E-state index in [-0.39, 0.29) is 11.3 Å². The van der Waals surface area contributed by atoms with Crippen molar-refractivity contribution in [3.8, 4) is 11.5 Å². The molecule has 0 saturated carbocycles. The van der Waals surface area contributed by atoms with Crippen LogP contribution in [0.1, 0.15) is 24.9 Å². The first kappa shape index (κ1) is 12.0. The van der Waals surface area contributed by atoms with E-state index in [1.165, 1.54) is 0 Å². The summed E-state index contributed by atoms with van der Waals surface area (Å²) >= 11 is 0. The molecule has 2 heterocycles. The Bertz CT molecular complexity index is 503.